The first kappa shape index (κ1) is 18.6. The first-order valence-electron chi connectivity index (χ1n) is 10.2. The second kappa shape index (κ2) is 8.16. The van der Waals surface area contributed by atoms with Crippen LogP contribution in [-0.2, 0) is 13.0 Å². The van der Waals surface area contributed by atoms with Crippen LogP contribution in [0, 0.1) is 0 Å². The van der Waals surface area contributed by atoms with Crippen molar-refractivity contribution < 1.29 is 14.3 Å². The Morgan fingerprint density at radius 3 is 2.80 bits per heavy atom. The van der Waals surface area contributed by atoms with Gasteiger partial charge in [0.15, 0.2) is 11.5 Å². The van der Waals surface area contributed by atoms with E-state index in [1.54, 1.807) is 24.4 Å². The molecule has 30 heavy (non-hydrogen) atoms. The van der Waals surface area contributed by atoms with Gasteiger partial charge in [-0.25, -0.2) is 0 Å². The zero-order chi connectivity index (χ0) is 20.3. The van der Waals surface area contributed by atoms with E-state index in [9.17, 15) is 4.79 Å². The Kier molecular flexibility index (Phi) is 5.07. The van der Waals surface area contributed by atoms with E-state index in [1.165, 1.54) is 11.1 Å². The van der Waals surface area contributed by atoms with Crippen molar-refractivity contribution in [2.24, 2.45) is 0 Å². The highest BCUT2D eigenvalue weighted by molar-refractivity contribution is 5.95. The predicted molar refractivity (Wildman–Crippen MR) is 112 cm³/mol. The number of nitrogens with one attached hydrogen (secondary N) is 1. The van der Waals surface area contributed by atoms with Crippen molar-refractivity contribution in [1.82, 2.24) is 15.2 Å². The van der Waals surface area contributed by atoms with Crippen LogP contribution in [0.5, 0.6) is 11.5 Å². The molecule has 0 aliphatic carbocycles. The van der Waals surface area contributed by atoms with Crippen LogP contribution in [0.2, 0.25) is 0 Å². The minimum Gasteiger partial charge on any atom is -0.454 e. The number of nitrogens with zero attached hydrogens (tertiary/aromatic N) is 2. The molecule has 2 aliphatic heterocycles. The van der Waals surface area contributed by atoms with E-state index in [2.05, 4.69) is 45.5 Å². The summed E-state index contributed by atoms with van der Waals surface area (Å²) in [5.41, 5.74) is 4.42. The van der Waals surface area contributed by atoms with E-state index in [-0.39, 0.29) is 18.7 Å². The summed E-state index contributed by atoms with van der Waals surface area (Å²) in [7, 11) is 0. The fourth-order valence-corrected chi connectivity index (χ4v) is 4.14. The van der Waals surface area contributed by atoms with Crippen LogP contribution in [0.25, 0.3) is 0 Å². The van der Waals surface area contributed by atoms with Crippen molar-refractivity contribution in [1.29, 1.82) is 0 Å². The Hall–Kier alpha value is -3.38. The van der Waals surface area contributed by atoms with Gasteiger partial charge in [0.05, 0.1) is 6.04 Å². The van der Waals surface area contributed by atoms with Crippen LogP contribution in [0.3, 0.4) is 0 Å². The number of ether oxygens (including phenoxy) is 2. The van der Waals surface area contributed by atoms with Gasteiger partial charge in [0, 0.05) is 37.6 Å². The van der Waals surface area contributed by atoms with Crippen molar-refractivity contribution in [2.45, 2.75) is 19.0 Å². The fraction of sp³-hybridized carbons (Fsp3) is 0.250. The zero-order valence-electron chi connectivity index (χ0n) is 16.6. The fourth-order valence-electron chi connectivity index (χ4n) is 4.14. The molecule has 1 atom stereocenters. The topological polar surface area (TPSA) is 63.7 Å². The van der Waals surface area contributed by atoms with Crippen molar-refractivity contribution in [3.8, 4) is 11.5 Å². The average Bonchev–Trinajstić information content (AvgIpc) is 3.28. The Bertz CT molecular complexity index is 1050. The molecule has 1 N–H and O–H groups in total. The van der Waals surface area contributed by atoms with Gasteiger partial charge in [-0.15, -0.1) is 0 Å². The molecule has 0 radical (unpaired) electrons. The van der Waals surface area contributed by atoms with Crippen LogP contribution in [0.15, 0.2) is 67.0 Å². The lowest BCUT2D eigenvalue weighted by molar-refractivity contribution is 0.0927. The van der Waals surface area contributed by atoms with Gasteiger partial charge in [0.25, 0.3) is 5.91 Å². The summed E-state index contributed by atoms with van der Waals surface area (Å²) in [4.78, 5) is 19.5. The molecular formula is C24H23N3O3. The maximum absolute atomic E-state index is 12.8. The summed E-state index contributed by atoms with van der Waals surface area (Å²) in [5.74, 6) is 1.16. The number of amides is 1. The highest BCUT2D eigenvalue weighted by atomic mass is 16.7. The summed E-state index contributed by atoms with van der Waals surface area (Å²) in [6.45, 7) is 2.49. The smallest absolute Gasteiger partial charge is 0.251 e. The van der Waals surface area contributed by atoms with E-state index >= 15 is 0 Å². The molecule has 3 heterocycles. The normalized spacial score (nSPS) is 16.0. The maximum Gasteiger partial charge on any atom is 0.251 e. The Morgan fingerprint density at radius 2 is 1.93 bits per heavy atom. The summed E-state index contributed by atoms with van der Waals surface area (Å²) >= 11 is 0. The Morgan fingerprint density at radius 1 is 1.07 bits per heavy atom. The SMILES string of the molecule is O=C(NCC(c1cccnc1)N1CCc2ccccc2C1)c1ccc2c(c1)OCO2. The summed E-state index contributed by atoms with van der Waals surface area (Å²) in [6.07, 6.45) is 4.66. The number of carbonyl (C=O) groups excluding carboxylic acids is 1. The minimum absolute atomic E-state index is 0.0463. The van der Waals surface area contributed by atoms with Gasteiger partial charge >= 0.3 is 0 Å². The number of aromatic nitrogens is 1. The highest BCUT2D eigenvalue weighted by Gasteiger charge is 2.26. The van der Waals surface area contributed by atoms with E-state index in [0.717, 1.165) is 25.1 Å². The van der Waals surface area contributed by atoms with Gasteiger partial charge in [-0.3, -0.25) is 14.7 Å². The van der Waals surface area contributed by atoms with Gasteiger partial charge in [-0.05, 0) is 47.4 Å². The molecule has 0 spiro atoms. The lowest BCUT2D eigenvalue weighted by Gasteiger charge is -2.36. The molecule has 1 amide bonds. The molecule has 0 fully saturated rings. The van der Waals surface area contributed by atoms with E-state index in [1.807, 2.05) is 12.3 Å². The number of carbonyl (C=O) groups is 1. The monoisotopic (exact) mass is 401 g/mol. The van der Waals surface area contributed by atoms with Gasteiger partial charge in [-0.2, -0.15) is 0 Å². The number of pyridine rings is 1. The minimum atomic E-state index is -0.125. The zero-order valence-corrected chi connectivity index (χ0v) is 16.6. The maximum atomic E-state index is 12.8. The second-order valence-corrected chi connectivity index (χ2v) is 7.57. The number of rotatable bonds is 5. The van der Waals surface area contributed by atoms with Crippen LogP contribution in [0.1, 0.15) is 33.1 Å². The van der Waals surface area contributed by atoms with Crippen molar-refractivity contribution in [3.05, 3.63) is 89.2 Å². The molecule has 6 nitrogen and oxygen atoms in total. The lowest BCUT2D eigenvalue weighted by atomic mass is 9.97. The molecule has 0 saturated heterocycles. The molecule has 2 aliphatic rings. The summed E-state index contributed by atoms with van der Waals surface area (Å²) in [6, 6.07) is 17.9. The molecule has 0 bridgehead atoms. The van der Waals surface area contributed by atoms with Crippen LogP contribution in [0.4, 0.5) is 0 Å². The largest absolute Gasteiger partial charge is 0.454 e. The standard InChI is InChI=1S/C24H23N3O3/c28-24(18-7-8-22-23(12-18)30-16-29-22)26-14-21(19-6-3-10-25-13-19)27-11-9-17-4-1-2-5-20(17)15-27/h1-8,10,12-13,21H,9,11,14-16H2,(H,26,28). The third-order valence-electron chi connectivity index (χ3n) is 5.76. The number of hydrogen-bond acceptors (Lipinski definition) is 5. The third kappa shape index (κ3) is 3.74. The van der Waals surface area contributed by atoms with Crippen LogP contribution < -0.4 is 14.8 Å². The first-order valence-corrected chi connectivity index (χ1v) is 10.2. The molecule has 0 saturated carbocycles. The predicted octanol–water partition coefficient (Wildman–Crippen LogP) is 3.34. The number of fused-ring (bicyclic) bond motifs is 2. The van der Waals surface area contributed by atoms with Crippen molar-refractivity contribution >= 4 is 5.91 Å². The average molecular weight is 401 g/mol. The van der Waals surface area contributed by atoms with Crippen LogP contribution in [-0.4, -0.2) is 35.7 Å². The van der Waals surface area contributed by atoms with Gasteiger partial charge in [0.1, 0.15) is 0 Å². The van der Waals surface area contributed by atoms with E-state index in [0.29, 0.717) is 23.6 Å². The van der Waals surface area contributed by atoms with Crippen molar-refractivity contribution in [2.75, 3.05) is 19.9 Å². The molecule has 6 heteroatoms. The van der Waals surface area contributed by atoms with Crippen molar-refractivity contribution in [3.63, 3.8) is 0 Å². The molecule has 152 valence electrons. The lowest BCUT2D eigenvalue weighted by Crippen LogP contribution is -2.40. The first-order chi connectivity index (χ1) is 14.8. The number of benzene rings is 2. The van der Waals surface area contributed by atoms with E-state index in [4.69, 9.17) is 9.47 Å². The molecule has 1 unspecified atom stereocenters. The highest BCUT2D eigenvalue weighted by Crippen LogP contribution is 2.32. The van der Waals surface area contributed by atoms with Gasteiger partial charge < -0.3 is 14.8 Å². The van der Waals surface area contributed by atoms with Gasteiger partial charge in [0.2, 0.25) is 6.79 Å². The Labute approximate surface area is 175 Å². The summed E-state index contributed by atoms with van der Waals surface area (Å²) < 4.78 is 10.7. The third-order valence-corrected chi connectivity index (χ3v) is 5.76. The quantitative estimate of drug-likeness (QED) is 0.711. The second-order valence-electron chi connectivity index (χ2n) is 7.57. The Balaban J connectivity index is 1.34. The molecular weight excluding hydrogens is 378 g/mol. The molecule has 3 aromatic rings. The molecule has 2 aromatic carbocycles. The molecule has 5 rings (SSSR count). The summed E-state index contributed by atoms with van der Waals surface area (Å²) in [5, 5.41) is 3.11. The van der Waals surface area contributed by atoms with Crippen LogP contribution >= 0.6 is 0 Å². The van der Waals surface area contributed by atoms with Gasteiger partial charge in [-0.1, -0.05) is 30.3 Å². The molecule has 1 aromatic heterocycles. The van der Waals surface area contributed by atoms with E-state index < -0.39 is 0 Å². The number of hydrogen-bond donors (Lipinski definition) is 1.